The molecule has 0 saturated heterocycles. The van der Waals surface area contributed by atoms with E-state index in [0.29, 0.717) is 24.7 Å². The van der Waals surface area contributed by atoms with E-state index in [-0.39, 0.29) is 23.4 Å². The van der Waals surface area contributed by atoms with Gasteiger partial charge in [-0.25, -0.2) is 0 Å². The Morgan fingerprint density at radius 1 is 0.963 bits per heavy atom. The molecule has 8 atom stereocenters. The fourth-order valence-electron chi connectivity index (χ4n) is 7.92. The minimum atomic E-state index is -0.848. The van der Waals surface area contributed by atoms with Crippen molar-refractivity contribution in [2.24, 2.45) is 34.5 Å². The molecular formula is C22H34O5. The van der Waals surface area contributed by atoms with Gasteiger partial charge in [0.05, 0.1) is 11.5 Å². The van der Waals surface area contributed by atoms with Gasteiger partial charge in [-0.2, -0.15) is 0 Å². The highest BCUT2D eigenvalue weighted by Gasteiger charge is 2.68. The van der Waals surface area contributed by atoms with E-state index < -0.39 is 22.9 Å². The Bertz CT molecular complexity index is 647. The molecule has 0 bridgehead atoms. The minimum absolute atomic E-state index is 0.0388. The van der Waals surface area contributed by atoms with Gasteiger partial charge in [0.2, 0.25) is 0 Å². The molecule has 0 radical (unpaired) electrons. The summed E-state index contributed by atoms with van der Waals surface area (Å²) in [5.41, 5.74) is -1.18. The summed E-state index contributed by atoms with van der Waals surface area (Å²) in [5.74, 6) is -0.179. The first-order chi connectivity index (χ1) is 12.6. The first-order valence-corrected chi connectivity index (χ1v) is 10.7. The van der Waals surface area contributed by atoms with Crippen molar-refractivity contribution in [3.05, 3.63) is 0 Å². The maximum Gasteiger partial charge on any atom is 0.307 e. The number of hydrogen-bond donors (Lipinski definition) is 2. The van der Waals surface area contributed by atoms with Gasteiger partial charge in [0.15, 0.2) is 0 Å². The summed E-state index contributed by atoms with van der Waals surface area (Å²) in [7, 11) is 0. The van der Waals surface area contributed by atoms with Gasteiger partial charge in [0.25, 0.3) is 0 Å². The van der Waals surface area contributed by atoms with Crippen LogP contribution in [-0.2, 0) is 14.3 Å². The molecule has 0 aromatic rings. The summed E-state index contributed by atoms with van der Waals surface area (Å²) in [6.07, 6.45) is 7.97. The summed E-state index contributed by atoms with van der Waals surface area (Å²) >= 11 is 0. The van der Waals surface area contributed by atoms with Crippen molar-refractivity contribution in [2.75, 3.05) is 0 Å². The molecule has 0 aromatic heterocycles. The van der Waals surface area contributed by atoms with Crippen LogP contribution in [0.1, 0.15) is 78.6 Å². The van der Waals surface area contributed by atoms with Gasteiger partial charge in [-0.3, -0.25) is 9.59 Å². The number of fused-ring (bicyclic) bond motifs is 5. The summed E-state index contributed by atoms with van der Waals surface area (Å²) in [6.45, 7) is 5.90. The lowest BCUT2D eigenvalue weighted by Crippen LogP contribution is -2.62. The molecule has 0 aromatic carbocycles. The summed E-state index contributed by atoms with van der Waals surface area (Å²) < 4.78 is 5.51. The third-order valence-corrected chi connectivity index (χ3v) is 9.43. The van der Waals surface area contributed by atoms with E-state index in [1.54, 1.807) is 0 Å². The lowest BCUT2D eigenvalue weighted by atomic mass is 9.43. The van der Waals surface area contributed by atoms with Crippen LogP contribution in [0.5, 0.6) is 0 Å². The van der Waals surface area contributed by atoms with Crippen molar-refractivity contribution in [2.45, 2.75) is 90.3 Å². The number of carboxylic acids is 1. The van der Waals surface area contributed by atoms with E-state index in [4.69, 9.17) is 4.74 Å². The lowest BCUT2D eigenvalue weighted by Gasteiger charge is -2.63. The Morgan fingerprint density at radius 2 is 1.70 bits per heavy atom. The van der Waals surface area contributed by atoms with Crippen molar-refractivity contribution in [3.63, 3.8) is 0 Å². The second-order valence-corrected chi connectivity index (χ2v) is 10.3. The molecule has 152 valence electrons. The van der Waals surface area contributed by atoms with Gasteiger partial charge in [-0.15, -0.1) is 0 Å². The summed E-state index contributed by atoms with van der Waals surface area (Å²) in [5, 5.41) is 21.5. The SMILES string of the molecule is CC(=O)O[C@H]1CC[C@@]2(C)[C@H](CC[C@@H]3[C@@H]2CC[C@]2(C)[C@@H](C(=O)O)CC[C@]32O)C1. The van der Waals surface area contributed by atoms with E-state index in [2.05, 4.69) is 6.92 Å². The number of aliphatic hydroxyl groups is 1. The molecule has 0 spiro atoms. The smallest absolute Gasteiger partial charge is 0.307 e. The largest absolute Gasteiger partial charge is 0.481 e. The quantitative estimate of drug-likeness (QED) is 0.715. The molecule has 5 nitrogen and oxygen atoms in total. The number of carbonyl (C=O) groups is 2. The van der Waals surface area contributed by atoms with E-state index in [9.17, 15) is 19.8 Å². The summed E-state index contributed by atoms with van der Waals surface area (Å²) in [6, 6.07) is 0. The van der Waals surface area contributed by atoms with Crippen LogP contribution in [0.3, 0.4) is 0 Å². The predicted molar refractivity (Wildman–Crippen MR) is 99.9 cm³/mol. The number of hydrogen-bond acceptors (Lipinski definition) is 4. The molecule has 4 fully saturated rings. The van der Waals surface area contributed by atoms with Gasteiger partial charge in [-0.1, -0.05) is 13.8 Å². The van der Waals surface area contributed by atoms with Crippen LogP contribution in [0.4, 0.5) is 0 Å². The number of ether oxygens (including phenoxy) is 1. The molecule has 5 heteroatoms. The zero-order valence-corrected chi connectivity index (χ0v) is 16.9. The first kappa shape index (κ1) is 19.2. The fourth-order valence-corrected chi connectivity index (χ4v) is 7.92. The van der Waals surface area contributed by atoms with Crippen LogP contribution in [0.2, 0.25) is 0 Å². The summed E-state index contributed by atoms with van der Waals surface area (Å²) in [4.78, 5) is 23.2. The van der Waals surface area contributed by atoms with Crippen molar-refractivity contribution in [1.29, 1.82) is 0 Å². The zero-order chi connectivity index (χ0) is 19.6. The first-order valence-electron chi connectivity index (χ1n) is 10.7. The van der Waals surface area contributed by atoms with Gasteiger partial charge in [0.1, 0.15) is 6.10 Å². The van der Waals surface area contributed by atoms with Gasteiger partial charge < -0.3 is 14.9 Å². The molecule has 4 aliphatic carbocycles. The average molecular weight is 379 g/mol. The maximum atomic E-state index is 11.8. The Balaban J connectivity index is 1.59. The fraction of sp³-hybridized carbons (Fsp3) is 0.909. The highest BCUT2D eigenvalue weighted by atomic mass is 16.5. The highest BCUT2D eigenvalue weighted by Crippen LogP contribution is 2.69. The molecule has 0 unspecified atom stereocenters. The monoisotopic (exact) mass is 378 g/mol. The minimum Gasteiger partial charge on any atom is -0.481 e. The maximum absolute atomic E-state index is 11.8. The molecule has 4 rings (SSSR count). The molecule has 2 N–H and O–H groups in total. The zero-order valence-electron chi connectivity index (χ0n) is 16.9. The van der Waals surface area contributed by atoms with Crippen LogP contribution in [0.15, 0.2) is 0 Å². The number of carboxylic acid groups (broad SMARTS) is 1. The Kier molecular flexibility index (Phi) is 4.41. The van der Waals surface area contributed by atoms with Crippen molar-refractivity contribution in [1.82, 2.24) is 0 Å². The number of rotatable bonds is 2. The Hall–Kier alpha value is -1.10. The van der Waals surface area contributed by atoms with Crippen molar-refractivity contribution in [3.8, 4) is 0 Å². The predicted octanol–water partition coefficient (Wildman–Crippen LogP) is 3.78. The third kappa shape index (κ3) is 2.60. The molecule has 4 saturated carbocycles. The van der Waals surface area contributed by atoms with E-state index in [0.717, 1.165) is 44.9 Å². The standard InChI is InChI=1S/C22H34O5/c1-13(23)27-15-6-9-20(2)14(12-15)4-5-17-16(20)7-10-21(3)18(19(24)25)8-11-22(17,21)26/h14-18,26H,4-12H2,1-3H3,(H,24,25)/t14-,15+,16+,17-,18-,20+,21-,22+/m1/s1. The average Bonchev–Trinajstić information content (AvgIpc) is 2.86. The van der Waals surface area contributed by atoms with Crippen LogP contribution in [-0.4, -0.2) is 33.9 Å². The van der Waals surface area contributed by atoms with Crippen LogP contribution in [0, 0.1) is 34.5 Å². The van der Waals surface area contributed by atoms with Crippen LogP contribution >= 0.6 is 0 Å². The van der Waals surface area contributed by atoms with E-state index >= 15 is 0 Å². The van der Waals surface area contributed by atoms with E-state index in [1.807, 2.05) is 6.92 Å². The molecule has 0 amide bonds. The third-order valence-electron chi connectivity index (χ3n) is 9.43. The molecular weight excluding hydrogens is 344 g/mol. The normalized spacial score (nSPS) is 51.6. The molecule has 0 aliphatic heterocycles. The second kappa shape index (κ2) is 6.20. The lowest BCUT2D eigenvalue weighted by molar-refractivity contribution is -0.214. The number of aliphatic carboxylic acids is 1. The van der Waals surface area contributed by atoms with Crippen molar-refractivity contribution < 1.29 is 24.5 Å². The Labute approximate surface area is 161 Å². The van der Waals surface area contributed by atoms with Crippen LogP contribution < -0.4 is 0 Å². The number of esters is 1. The number of carbonyl (C=O) groups excluding carboxylic acids is 1. The molecule has 4 aliphatic rings. The van der Waals surface area contributed by atoms with Gasteiger partial charge >= 0.3 is 11.9 Å². The van der Waals surface area contributed by atoms with Gasteiger partial charge in [-0.05, 0) is 81.0 Å². The van der Waals surface area contributed by atoms with Crippen molar-refractivity contribution >= 4 is 11.9 Å². The highest BCUT2D eigenvalue weighted by molar-refractivity contribution is 5.72. The van der Waals surface area contributed by atoms with E-state index in [1.165, 1.54) is 6.92 Å². The van der Waals surface area contributed by atoms with Gasteiger partial charge in [0, 0.05) is 12.3 Å². The Morgan fingerprint density at radius 3 is 2.37 bits per heavy atom. The molecule has 27 heavy (non-hydrogen) atoms. The topological polar surface area (TPSA) is 83.8 Å². The molecule has 0 heterocycles. The second-order valence-electron chi connectivity index (χ2n) is 10.3. The van der Waals surface area contributed by atoms with Crippen LogP contribution in [0.25, 0.3) is 0 Å².